The first-order chi connectivity index (χ1) is 8.59. The Morgan fingerprint density at radius 3 is 2.33 bits per heavy atom. The molecule has 2 aromatic carbocycles. The fraction of sp³-hybridized carbons (Fsp3) is 0.133. The minimum absolute atomic E-state index is 0.0341. The highest BCUT2D eigenvalue weighted by molar-refractivity contribution is 6.30. The van der Waals surface area contributed by atoms with Crippen molar-refractivity contribution in [2.45, 2.75) is 12.8 Å². The zero-order valence-electron chi connectivity index (χ0n) is 9.93. The van der Waals surface area contributed by atoms with Crippen LogP contribution < -0.4 is 0 Å². The number of hydrogen-bond donors (Lipinski definition) is 1. The summed E-state index contributed by atoms with van der Waals surface area (Å²) in [5, 5.41) is 10.3. The number of benzene rings is 2. The minimum Gasteiger partial charge on any atom is -0.508 e. The SMILES string of the molecule is CC(C(=O)c1ccc(Cl)cc1)c1ccccc1O. The van der Waals surface area contributed by atoms with E-state index in [0.29, 0.717) is 16.1 Å². The average molecular weight is 261 g/mol. The van der Waals surface area contributed by atoms with Gasteiger partial charge in [0.05, 0.1) is 0 Å². The number of carbonyl (C=O) groups is 1. The predicted octanol–water partition coefficient (Wildman–Crippen LogP) is 4.03. The van der Waals surface area contributed by atoms with Crippen molar-refractivity contribution in [3.63, 3.8) is 0 Å². The van der Waals surface area contributed by atoms with Gasteiger partial charge < -0.3 is 5.11 Å². The molecule has 2 aromatic rings. The van der Waals surface area contributed by atoms with Crippen LogP contribution in [0.2, 0.25) is 5.02 Å². The van der Waals surface area contributed by atoms with E-state index in [0.717, 1.165) is 0 Å². The molecule has 1 unspecified atom stereocenters. The molecule has 0 aliphatic carbocycles. The van der Waals surface area contributed by atoms with Crippen molar-refractivity contribution in [3.05, 3.63) is 64.7 Å². The second kappa shape index (κ2) is 5.23. The number of Topliss-reactive ketones (excluding diaryl/α,β-unsaturated/α-hetero) is 1. The third-order valence-corrected chi connectivity index (χ3v) is 3.18. The molecule has 3 heteroatoms. The maximum absolute atomic E-state index is 12.3. The molecule has 0 amide bonds. The summed E-state index contributed by atoms with van der Waals surface area (Å²) in [5.74, 6) is -0.271. The van der Waals surface area contributed by atoms with Gasteiger partial charge >= 0.3 is 0 Å². The molecule has 0 saturated carbocycles. The van der Waals surface area contributed by atoms with E-state index in [4.69, 9.17) is 11.6 Å². The summed E-state index contributed by atoms with van der Waals surface area (Å²) < 4.78 is 0. The number of carbonyl (C=O) groups excluding carboxylic acids is 1. The highest BCUT2D eigenvalue weighted by atomic mass is 35.5. The van der Waals surface area contributed by atoms with Gasteiger partial charge in [-0.1, -0.05) is 36.7 Å². The lowest BCUT2D eigenvalue weighted by Crippen LogP contribution is -2.09. The van der Waals surface area contributed by atoms with Crippen molar-refractivity contribution >= 4 is 17.4 Å². The first kappa shape index (κ1) is 12.7. The van der Waals surface area contributed by atoms with Crippen LogP contribution >= 0.6 is 11.6 Å². The Balaban J connectivity index is 2.29. The van der Waals surface area contributed by atoms with E-state index in [1.807, 2.05) is 0 Å². The van der Waals surface area contributed by atoms with Crippen LogP contribution in [0.5, 0.6) is 5.75 Å². The number of rotatable bonds is 3. The smallest absolute Gasteiger partial charge is 0.170 e. The van der Waals surface area contributed by atoms with Gasteiger partial charge in [-0.3, -0.25) is 4.79 Å². The molecule has 0 aliphatic heterocycles. The number of phenols is 1. The van der Waals surface area contributed by atoms with Crippen molar-refractivity contribution in [2.75, 3.05) is 0 Å². The van der Waals surface area contributed by atoms with Gasteiger partial charge in [-0.25, -0.2) is 0 Å². The Morgan fingerprint density at radius 2 is 1.72 bits per heavy atom. The predicted molar refractivity (Wildman–Crippen MR) is 72.3 cm³/mol. The van der Waals surface area contributed by atoms with Crippen LogP contribution in [-0.4, -0.2) is 10.9 Å². The van der Waals surface area contributed by atoms with Crippen molar-refractivity contribution in [1.29, 1.82) is 0 Å². The van der Waals surface area contributed by atoms with Gasteiger partial charge in [0.15, 0.2) is 5.78 Å². The molecule has 0 bridgehead atoms. The van der Waals surface area contributed by atoms with Crippen LogP contribution in [0.4, 0.5) is 0 Å². The summed E-state index contributed by atoms with van der Waals surface area (Å²) in [4.78, 5) is 12.3. The molecule has 0 saturated heterocycles. The fourth-order valence-corrected chi connectivity index (χ4v) is 1.99. The summed E-state index contributed by atoms with van der Waals surface area (Å²) in [6.07, 6.45) is 0. The molecule has 2 nitrogen and oxygen atoms in total. The largest absolute Gasteiger partial charge is 0.508 e. The summed E-state index contributed by atoms with van der Waals surface area (Å²) in [5.41, 5.74) is 1.23. The van der Waals surface area contributed by atoms with E-state index < -0.39 is 0 Å². The third-order valence-electron chi connectivity index (χ3n) is 2.93. The van der Waals surface area contributed by atoms with E-state index in [1.165, 1.54) is 0 Å². The second-order valence-corrected chi connectivity index (χ2v) is 4.59. The van der Waals surface area contributed by atoms with Crippen LogP contribution in [0, 0.1) is 0 Å². The number of para-hydroxylation sites is 1. The number of halogens is 1. The van der Waals surface area contributed by atoms with Crippen molar-refractivity contribution in [2.24, 2.45) is 0 Å². The molecule has 18 heavy (non-hydrogen) atoms. The minimum atomic E-state index is -0.382. The topological polar surface area (TPSA) is 37.3 Å². The maximum atomic E-state index is 12.3. The van der Waals surface area contributed by atoms with Gasteiger partial charge in [0.1, 0.15) is 5.75 Å². The number of ketones is 1. The summed E-state index contributed by atoms with van der Waals surface area (Å²) in [6.45, 7) is 1.78. The molecule has 0 aliphatic rings. The van der Waals surface area contributed by atoms with E-state index in [-0.39, 0.29) is 17.5 Å². The normalized spacial score (nSPS) is 12.1. The van der Waals surface area contributed by atoms with Gasteiger partial charge in [0.25, 0.3) is 0 Å². The van der Waals surface area contributed by atoms with Gasteiger partial charge in [0, 0.05) is 22.1 Å². The molecular formula is C15H13ClO2. The van der Waals surface area contributed by atoms with Crippen molar-refractivity contribution < 1.29 is 9.90 Å². The molecule has 2 rings (SSSR count). The molecule has 0 aromatic heterocycles. The summed E-state index contributed by atoms with van der Waals surface area (Å²) >= 11 is 5.79. The van der Waals surface area contributed by atoms with E-state index in [2.05, 4.69) is 0 Å². The van der Waals surface area contributed by atoms with Crippen LogP contribution in [-0.2, 0) is 0 Å². The molecule has 1 atom stereocenters. The van der Waals surface area contributed by atoms with Crippen LogP contribution in [0.3, 0.4) is 0 Å². The van der Waals surface area contributed by atoms with Gasteiger partial charge in [-0.2, -0.15) is 0 Å². The Bertz CT molecular complexity index is 561. The lowest BCUT2D eigenvalue weighted by atomic mass is 9.92. The highest BCUT2D eigenvalue weighted by Gasteiger charge is 2.19. The highest BCUT2D eigenvalue weighted by Crippen LogP contribution is 2.28. The zero-order valence-corrected chi connectivity index (χ0v) is 10.7. The van der Waals surface area contributed by atoms with Crippen LogP contribution in [0.1, 0.15) is 28.8 Å². The van der Waals surface area contributed by atoms with E-state index >= 15 is 0 Å². The third kappa shape index (κ3) is 2.54. The molecule has 0 fully saturated rings. The Labute approximate surface area is 111 Å². The molecular weight excluding hydrogens is 248 g/mol. The maximum Gasteiger partial charge on any atom is 0.170 e. The molecule has 92 valence electrons. The standard InChI is InChI=1S/C15H13ClO2/c1-10(13-4-2-3-5-14(13)17)15(18)11-6-8-12(16)9-7-11/h2-10,17H,1H3. The fourth-order valence-electron chi connectivity index (χ4n) is 1.86. The van der Waals surface area contributed by atoms with Gasteiger partial charge in [-0.15, -0.1) is 0 Å². The van der Waals surface area contributed by atoms with Gasteiger partial charge in [-0.05, 0) is 30.3 Å². The molecule has 0 radical (unpaired) electrons. The number of hydrogen-bond acceptors (Lipinski definition) is 2. The lowest BCUT2D eigenvalue weighted by molar-refractivity contribution is 0.0965. The number of phenolic OH excluding ortho intramolecular Hbond substituents is 1. The van der Waals surface area contributed by atoms with Crippen LogP contribution in [0.25, 0.3) is 0 Å². The van der Waals surface area contributed by atoms with E-state index in [9.17, 15) is 9.90 Å². The average Bonchev–Trinajstić information content (AvgIpc) is 2.38. The van der Waals surface area contributed by atoms with Crippen molar-refractivity contribution in [1.82, 2.24) is 0 Å². The Kier molecular flexibility index (Phi) is 3.68. The molecule has 1 N–H and O–H groups in total. The second-order valence-electron chi connectivity index (χ2n) is 4.15. The van der Waals surface area contributed by atoms with E-state index in [1.54, 1.807) is 55.5 Å². The lowest BCUT2D eigenvalue weighted by Gasteiger charge is -2.12. The molecule has 0 heterocycles. The van der Waals surface area contributed by atoms with Crippen LogP contribution in [0.15, 0.2) is 48.5 Å². The molecule has 0 spiro atoms. The summed E-state index contributed by atoms with van der Waals surface area (Å²) in [6, 6.07) is 13.6. The quantitative estimate of drug-likeness (QED) is 0.846. The first-order valence-corrected chi connectivity index (χ1v) is 6.05. The monoisotopic (exact) mass is 260 g/mol. The van der Waals surface area contributed by atoms with Crippen molar-refractivity contribution in [3.8, 4) is 5.75 Å². The summed E-state index contributed by atoms with van der Waals surface area (Å²) in [7, 11) is 0. The Morgan fingerprint density at radius 1 is 1.11 bits per heavy atom. The zero-order chi connectivity index (χ0) is 13.1. The van der Waals surface area contributed by atoms with Gasteiger partial charge in [0.2, 0.25) is 0 Å². The first-order valence-electron chi connectivity index (χ1n) is 5.67. The number of aromatic hydroxyl groups is 1. The Hall–Kier alpha value is -1.80.